The molecule has 0 radical (unpaired) electrons. The second-order valence-corrected chi connectivity index (χ2v) is 6.33. The van der Waals surface area contributed by atoms with Crippen LogP contribution in [0.5, 0.6) is 0 Å². The number of nitrogens with zero attached hydrogens (tertiary/aromatic N) is 2. The number of esters is 1. The van der Waals surface area contributed by atoms with Crippen LogP contribution in [0.4, 0.5) is 24.5 Å². The molecule has 8 nitrogen and oxygen atoms in total. The van der Waals surface area contributed by atoms with Gasteiger partial charge in [-0.15, -0.1) is 0 Å². The standard InChI is InChI=1S/C17H20F3N3O5/c18-17(19,20)11-21-15(24)10-28-16(25)12-5-6-13(14(9-12)23(26)27)22-7-3-1-2-4-8-22/h5-6,9H,1-4,7-8,10-11H2,(H,21,24). The molecule has 0 atom stereocenters. The molecule has 28 heavy (non-hydrogen) atoms. The maximum Gasteiger partial charge on any atom is 0.405 e. The first kappa shape index (κ1) is 21.5. The molecule has 1 amide bonds. The number of halogens is 3. The lowest BCUT2D eigenvalue weighted by molar-refractivity contribution is -0.384. The topological polar surface area (TPSA) is 102 Å². The molecule has 1 saturated heterocycles. The van der Waals surface area contributed by atoms with Gasteiger partial charge in [0, 0.05) is 19.2 Å². The van der Waals surface area contributed by atoms with Gasteiger partial charge >= 0.3 is 12.1 Å². The lowest BCUT2D eigenvalue weighted by Crippen LogP contribution is -2.36. The summed E-state index contributed by atoms with van der Waals surface area (Å²) >= 11 is 0. The van der Waals surface area contributed by atoms with Gasteiger partial charge in [0.2, 0.25) is 0 Å². The number of nitro benzene ring substituents is 1. The maximum atomic E-state index is 12.0. The van der Waals surface area contributed by atoms with Gasteiger partial charge in [0.15, 0.2) is 6.61 Å². The Kier molecular flexibility index (Phi) is 7.18. The van der Waals surface area contributed by atoms with Crippen LogP contribution in [0.3, 0.4) is 0 Å². The predicted molar refractivity (Wildman–Crippen MR) is 93.1 cm³/mol. The van der Waals surface area contributed by atoms with E-state index in [4.69, 9.17) is 0 Å². The van der Waals surface area contributed by atoms with Crippen LogP contribution in [0.1, 0.15) is 36.0 Å². The zero-order valence-corrected chi connectivity index (χ0v) is 15.0. The molecule has 2 rings (SSSR count). The van der Waals surface area contributed by atoms with Crippen molar-refractivity contribution in [2.75, 3.05) is 31.1 Å². The lowest BCUT2D eigenvalue weighted by atomic mass is 10.1. The summed E-state index contributed by atoms with van der Waals surface area (Å²) in [6.07, 6.45) is -0.665. The van der Waals surface area contributed by atoms with Crippen molar-refractivity contribution in [3.8, 4) is 0 Å². The predicted octanol–water partition coefficient (Wildman–Crippen LogP) is 2.81. The minimum Gasteiger partial charge on any atom is -0.452 e. The van der Waals surface area contributed by atoms with E-state index < -0.39 is 36.1 Å². The monoisotopic (exact) mass is 403 g/mol. The number of hydrogen-bond acceptors (Lipinski definition) is 6. The van der Waals surface area contributed by atoms with Crippen molar-refractivity contribution >= 4 is 23.3 Å². The van der Waals surface area contributed by atoms with Gasteiger partial charge in [-0.25, -0.2) is 4.79 Å². The lowest BCUT2D eigenvalue weighted by Gasteiger charge is -2.22. The summed E-state index contributed by atoms with van der Waals surface area (Å²) in [6.45, 7) is -1.12. The maximum absolute atomic E-state index is 12.0. The number of carbonyl (C=O) groups is 2. The van der Waals surface area contributed by atoms with E-state index in [1.807, 2.05) is 4.90 Å². The molecule has 0 unspecified atom stereocenters. The summed E-state index contributed by atoms with van der Waals surface area (Å²) in [5.41, 5.74) is -0.0295. The molecular formula is C17H20F3N3O5. The average molecular weight is 403 g/mol. The highest BCUT2D eigenvalue weighted by Crippen LogP contribution is 2.31. The van der Waals surface area contributed by atoms with Crippen LogP contribution < -0.4 is 10.2 Å². The first-order valence-corrected chi connectivity index (χ1v) is 8.71. The van der Waals surface area contributed by atoms with Gasteiger partial charge in [-0.1, -0.05) is 12.8 Å². The normalized spacial score (nSPS) is 14.9. The van der Waals surface area contributed by atoms with Crippen LogP contribution >= 0.6 is 0 Å². The smallest absolute Gasteiger partial charge is 0.405 e. The molecule has 1 fully saturated rings. The Morgan fingerprint density at radius 1 is 1.18 bits per heavy atom. The van der Waals surface area contributed by atoms with Crippen molar-refractivity contribution < 1.29 is 32.4 Å². The molecule has 0 bridgehead atoms. The van der Waals surface area contributed by atoms with E-state index in [9.17, 15) is 32.9 Å². The molecule has 0 saturated carbocycles. The molecular weight excluding hydrogens is 383 g/mol. The van der Waals surface area contributed by atoms with Crippen molar-refractivity contribution in [1.29, 1.82) is 0 Å². The number of anilines is 1. The summed E-state index contributed by atoms with van der Waals surface area (Å²) < 4.78 is 40.7. The van der Waals surface area contributed by atoms with Crippen LogP contribution in [-0.2, 0) is 9.53 Å². The zero-order chi connectivity index (χ0) is 20.7. The van der Waals surface area contributed by atoms with E-state index in [-0.39, 0.29) is 11.3 Å². The molecule has 0 aromatic heterocycles. The van der Waals surface area contributed by atoms with Crippen LogP contribution in [0.2, 0.25) is 0 Å². The SMILES string of the molecule is O=C(COC(=O)c1ccc(N2CCCCCC2)c([N+](=O)[O-])c1)NCC(F)(F)F. The number of ether oxygens (including phenoxy) is 1. The van der Waals surface area contributed by atoms with Crippen molar-refractivity contribution in [2.45, 2.75) is 31.9 Å². The van der Waals surface area contributed by atoms with Gasteiger partial charge < -0.3 is 15.0 Å². The Balaban J connectivity index is 2.05. The quantitative estimate of drug-likeness (QED) is 0.445. The van der Waals surface area contributed by atoms with E-state index >= 15 is 0 Å². The third-order valence-electron chi connectivity index (χ3n) is 4.17. The van der Waals surface area contributed by atoms with E-state index in [1.165, 1.54) is 12.1 Å². The molecule has 1 aliphatic heterocycles. The third kappa shape index (κ3) is 6.39. The second kappa shape index (κ2) is 9.38. The van der Waals surface area contributed by atoms with Crippen LogP contribution in [-0.4, -0.2) is 49.2 Å². The first-order chi connectivity index (χ1) is 13.2. The van der Waals surface area contributed by atoms with E-state index in [0.29, 0.717) is 18.8 Å². The number of alkyl halides is 3. The molecule has 1 aliphatic rings. The van der Waals surface area contributed by atoms with Gasteiger partial charge in [-0.3, -0.25) is 14.9 Å². The molecule has 1 aromatic rings. The third-order valence-corrected chi connectivity index (χ3v) is 4.17. The number of nitro groups is 1. The van der Waals surface area contributed by atoms with Crippen LogP contribution in [0, 0.1) is 10.1 Å². The average Bonchev–Trinajstić information content (AvgIpc) is 2.92. The molecule has 154 valence electrons. The van der Waals surface area contributed by atoms with Gasteiger partial charge in [0.1, 0.15) is 12.2 Å². The number of rotatable bonds is 6. The largest absolute Gasteiger partial charge is 0.452 e. The molecule has 1 N–H and O–H groups in total. The Bertz CT molecular complexity index is 731. The fraction of sp³-hybridized carbons (Fsp3) is 0.529. The molecule has 11 heteroatoms. The molecule has 0 aliphatic carbocycles. The van der Waals surface area contributed by atoms with Crippen molar-refractivity contribution in [3.63, 3.8) is 0 Å². The Labute approximate surface area is 158 Å². The van der Waals surface area contributed by atoms with Crippen molar-refractivity contribution in [2.24, 2.45) is 0 Å². The van der Waals surface area contributed by atoms with Crippen molar-refractivity contribution in [3.05, 3.63) is 33.9 Å². The zero-order valence-electron chi connectivity index (χ0n) is 15.0. The Morgan fingerprint density at radius 3 is 2.39 bits per heavy atom. The van der Waals surface area contributed by atoms with E-state index in [2.05, 4.69) is 4.74 Å². The minimum atomic E-state index is -4.58. The van der Waals surface area contributed by atoms with Gasteiger partial charge in [0.05, 0.1) is 10.5 Å². The molecule has 1 heterocycles. The summed E-state index contributed by atoms with van der Waals surface area (Å²) in [5.74, 6) is -2.16. The highest BCUT2D eigenvalue weighted by atomic mass is 19.4. The summed E-state index contributed by atoms with van der Waals surface area (Å²) in [6, 6.07) is 3.84. The molecule has 0 spiro atoms. The van der Waals surface area contributed by atoms with Crippen LogP contribution in [0.25, 0.3) is 0 Å². The fourth-order valence-electron chi connectivity index (χ4n) is 2.84. The van der Waals surface area contributed by atoms with Gasteiger partial charge in [-0.2, -0.15) is 13.2 Å². The highest BCUT2D eigenvalue weighted by molar-refractivity contribution is 5.93. The second-order valence-electron chi connectivity index (χ2n) is 6.33. The van der Waals surface area contributed by atoms with Crippen molar-refractivity contribution in [1.82, 2.24) is 5.32 Å². The number of nitrogens with one attached hydrogen (secondary N) is 1. The Morgan fingerprint density at radius 2 is 1.82 bits per heavy atom. The van der Waals surface area contributed by atoms with Gasteiger partial charge in [-0.05, 0) is 25.0 Å². The Hall–Kier alpha value is -2.85. The van der Waals surface area contributed by atoms with Gasteiger partial charge in [0.25, 0.3) is 11.6 Å². The van der Waals surface area contributed by atoms with E-state index in [0.717, 1.165) is 31.7 Å². The number of amides is 1. The minimum absolute atomic E-state index is 0.158. The molecule has 1 aromatic carbocycles. The highest BCUT2D eigenvalue weighted by Gasteiger charge is 2.28. The first-order valence-electron chi connectivity index (χ1n) is 8.71. The summed E-state index contributed by atoms with van der Waals surface area (Å²) in [7, 11) is 0. The fourth-order valence-corrected chi connectivity index (χ4v) is 2.84. The van der Waals surface area contributed by atoms with E-state index in [1.54, 1.807) is 5.32 Å². The van der Waals surface area contributed by atoms with Crippen LogP contribution in [0.15, 0.2) is 18.2 Å². The number of hydrogen-bond donors (Lipinski definition) is 1. The summed E-state index contributed by atoms with van der Waals surface area (Å²) in [5, 5.41) is 13.0. The number of carbonyl (C=O) groups excluding carboxylic acids is 2. The summed E-state index contributed by atoms with van der Waals surface area (Å²) in [4.78, 5) is 36.0. The number of benzene rings is 1.